The second-order valence-electron chi connectivity index (χ2n) is 5.47. The standard InChI is InChI=1S/C15H21N3S/c1-11-5-6-14-13(8-11)17-15(18(14)2)19-10-12-4-3-7-16-9-12/h5-6,8,12,16H,3-4,7,9-10H2,1-2H3. The van der Waals surface area contributed by atoms with Crippen LogP contribution in [0.1, 0.15) is 18.4 Å². The van der Waals surface area contributed by atoms with E-state index in [2.05, 4.69) is 42.1 Å². The lowest BCUT2D eigenvalue weighted by Gasteiger charge is -2.21. The zero-order valence-electron chi connectivity index (χ0n) is 11.6. The Kier molecular flexibility index (Phi) is 3.80. The first-order chi connectivity index (χ1) is 9.24. The number of nitrogens with zero attached hydrogens (tertiary/aromatic N) is 2. The van der Waals surface area contributed by atoms with Gasteiger partial charge in [0, 0.05) is 12.8 Å². The van der Waals surface area contributed by atoms with E-state index in [1.165, 1.54) is 36.2 Å². The molecule has 4 heteroatoms. The quantitative estimate of drug-likeness (QED) is 0.873. The zero-order chi connectivity index (χ0) is 13.2. The van der Waals surface area contributed by atoms with Crippen LogP contribution >= 0.6 is 11.8 Å². The van der Waals surface area contributed by atoms with E-state index < -0.39 is 0 Å². The molecule has 0 amide bonds. The van der Waals surface area contributed by atoms with E-state index in [4.69, 9.17) is 4.98 Å². The van der Waals surface area contributed by atoms with Gasteiger partial charge in [0.25, 0.3) is 0 Å². The second kappa shape index (κ2) is 5.55. The summed E-state index contributed by atoms with van der Waals surface area (Å²) in [7, 11) is 2.12. The smallest absolute Gasteiger partial charge is 0.168 e. The van der Waals surface area contributed by atoms with Crippen molar-refractivity contribution in [1.82, 2.24) is 14.9 Å². The van der Waals surface area contributed by atoms with Crippen LogP contribution in [0.3, 0.4) is 0 Å². The van der Waals surface area contributed by atoms with Gasteiger partial charge in [-0.25, -0.2) is 4.98 Å². The van der Waals surface area contributed by atoms with Crippen LogP contribution in [0.25, 0.3) is 11.0 Å². The molecule has 0 aliphatic carbocycles. The number of aromatic nitrogens is 2. The topological polar surface area (TPSA) is 29.9 Å². The molecule has 3 nitrogen and oxygen atoms in total. The van der Waals surface area contributed by atoms with E-state index in [-0.39, 0.29) is 0 Å². The van der Waals surface area contributed by atoms with Crippen molar-refractivity contribution in [3.63, 3.8) is 0 Å². The molecule has 1 N–H and O–H groups in total. The van der Waals surface area contributed by atoms with E-state index in [1.54, 1.807) is 0 Å². The van der Waals surface area contributed by atoms with Gasteiger partial charge in [-0.3, -0.25) is 0 Å². The number of rotatable bonds is 3. The van der Waals surface area contributed by atoms with Crippen molar-refractivity contribution < 1.29 is 0 Å². The van der Waals surface area contributed by atoms with Crippen molar-refractivity contribution in [2.24, 2.45) is 13.0 Å². The van der Waals surface area contributed by atoms with Crippen molar-refractivity contribution in [3.05, 3.63) is 23.8 Å². The van der Waals surface area contributed by atoms with Gasteiger partial charge in [-0.1, -0.05) is 17.8 Å². The molecule has 1 saturated heterocycles. The van der Waals surface area contributed by atoms with Crippen LogP contribution in [0.2, 0.25) is 0 Å². The van der Waals surface area contributed by atoms with E-state index in [0.29, 0.717) is 0 Å². The number of hydrogen-bond acceptors (Lipinski definition) is 3. The highest BCUT2D eigenvalue weighted by Gasteiger charge is 2.15. The third-order valence-corrected chi connectivity index (χ3v) is 5.10. The average Bonchev–Trinajstić information content (AvgIpc) is 2.74. The summed E-state index contributed by atoms with van der Waals surface area (Å²) >= 11 is 1.90. The zero-order valence-corrected chi connectivity index (χ0v) is 12.5. The van der Waals surface area contributed by atoms with E-state index in [1.807, 2.05) is 11.8 Å². The van der Waals surface area contributed by atoms with Gasteiger partial charge in [-0.15, -0.1) is 0 Å². The van der Waals surface area contributed by atoms with E-state index in [9.17, 15) is 0 Å². The molecule has 2 heterocycles. The Bertz CT molecular complexity index is 570. The van der Waals surface area contributed by atoms with Gasteiger partial charge in [0.2, 0.25) is 0 Å². The summed E-state index contributed by atoms with van der Waals surface area (Å²) in [6, 6.07) is 6.50. The van der Waals surface area contributed by atoms with Gasteiger partial charge in [0.1, 0.15) is 0 Å². The number of benzene rings is 1. The molecule has 0 bridgehead atoms. The summed E-state index contributed by atoms with van der Waals surface area (Å²) in [5.41, 5.74) is 3.63. The molecule has 1 aromatic heterocycles. The molecular weight excluding hydrogens is 254 g/mol. The first kappa shape index (κ1) is 13.0. The highest BCUT2D eigenvalue weighted by Crippen LogP contribution is 2.26. The molecular formula is C15H21N3S. The van der Waals surface area contributed by atoms with Crippen molar-refractivity contribution in [2.75, 3.05) is 18.8 Å². The first-order valence-corrected chi connectivity index (χ1v) is 7.99. The van der Waals surface area contributed by atoms with Crippen LogP contribution in [0, 0.1) is 12.8 Å². The number of fused-ring (bicyclic) bond motifs is 1. The normalized spacial score (nSPS) is 20.0. The number of imidazole rings is 1. The fourth-order valence-corrected chi connectivity index (χ4v) is 3.80. The van der Waals surface area contributed by atoms with Gasteiger partial charge in [0.05, 0.1) is 11.0 Å². The Hall–Kier alpha value is -1.00. The van der Waals surface area contributed by atoms with Crippen LogP contribution < -0.4 is 5.32 Å². The monoisotopic (exact) mass is 275 g/mol. The fraction of sp³-hybridized carbons (Fsp3) is 0.533. The Morgan fingerprint density at radius 3 is 3.16 bits per heavy atom. The third kappa shape index (κ3) is 2.79. The van der Waals surface area contributed by atoms with Gasteiger partial charge in [0.15, 0.2) is 5.16 Å². The van der Waals surface area contributed by atoms with Gasteiger partial charge in [-0.05, 0) is 56.5 Å². The Morgan fingerprint density at radius 1 is 1.47 bits per heavy atom. The molecule has 1 unspecified atom stereocenters. The molecule has 0 spiro atoms. The lowest BCUT2D eigenvalue weighted by atomic mass is 10.0. The number of hydrogen-bond donors (Lipinski definition) is 1. The molecule has 0 saturated carbocycles. The summed E-state index contributed by atoms with van der Waals surface area (Å²) < 4.78 is 2.22. The average molecular weight is 275 g/mol. The Balaban J connectivity index is 1.75. The molecule has 1 fully saturated rings. The summed E-state index contributed by atoms with van der Waals surface area (Å²) in [4.78, 5) is 4.76. The molecule has 1 atom stereocenters. The largest absolute Gasteiger partial charge is 0.322 e. The molecule has 3 rings (SSSR count). The lowest BCUT2D eigenvalue weighted by Crippen LogP contribution is -2.30. The molecule has 2 aromatic rings. The van der Waals surface area contributed by atoms with E-state index >= 15 is 0 Å². The molecule has 102 valence electrons. The number of thioether (sulfide) groups is 1. The minimum atomic E-state index is 0.792. The van der Waals surface area contributed by atoms with Crippen LogP contribution in [-0.2, 0) is 7.05 Å². The number of aryl methyl sites for hydroxylation is 2. The maximum atomic E-state index is 4.76. The van der Waals surface area contributed by atoms with Gasteiger partial charge >= 0.3 is 0 Å². The fourth-order valence-electron chi connectivity index (χ4n) is 2.68. The maximum absolute atomic E-state index is 4.76. The molecule has 0 radical (unpaired) electrons. The highest BCUT2D eigenvalue weighted by atomic mass is 32.2. The SMILES string of the molecule is Cc1ccc2c(c1)nc(SCC1CCCNC1)n2C. The van der Waals surface area contributed by atoms with Crippen LogP contribution in [-0.4, -0.2) is 28.4 Å². The van der Waals surface area contributed by atoms with Crippen LogP contribution in [0.4, 0.5) is 0 Å². The minimum Gasteiger partial charge on any atom is -0.322 e. The highest BCUT2D eigenvalue weighted by molar-refractivity contribution is 7.99. The summed E-state index contributed by atoms with van der Waals surface area (Å²) in [6.45, 7) is 4.47. The van der Waals surface area contributed by atoms with E-state index in [0.717, 1.165) is 23.1 Å². The van der Waals surface area contributed by atoms with Crippen LogP contribution in [0.5, 0.6) is 0 Å². The Morgan fingerprint density at radius 2 is 2.37 bits per heavy atom. The van der Waals surface area contributed by atoms with Crippen molar-refractivity contribution >= 4 is 22.8 Å². The molecule has 19 heavy (non-hydrogen) atoms. The van der Waals surface area contributed by atoms with Crippen molar-refractivity contribution in [2.45, 2.75) is 24.9 Å². The molecule has 1 aromatic carbocycles. The van der Waals surface area contributed by atoms with Crippen molar-refractivity contribution in [1.29, 1.82) is 0 Å². The van der Waals surface area contributed by atoms with Gasteiger partial charge in [-0.2, -0.15) is 0 Å². The van der Waals surface area contributed by atoms with Crippen LogP contribution in [0.15, 0.2) is 23.4 Å². The Labute approximate surface area is 118 Å². The van der Waals surface area contributed by atoms with Gasteiger partial charge < -0.3 is 9.88 Å². The minimum absolute atomic E-state index is 0.792. The summed E-state index contributed by atoms with van der Waals surface area (Å²) in [5.74, 6) is 1.96. The lowest BCUT2D eigenvalue weighted by molar-refractivity contribution is 0.410. The third-order valence-electron chi connectivity index (χ3n) is 3.84. The molecule has 1 aliphatic heterocycles. The predicted octanol–water partition coefficient (Wildman–Crippen LogP) is 2.97. The van der Waals surface area contributed by atoms with Crippen molar-refractivity contribution in [3.8, 4) is 0 Å². The predicted molar refractivity (Wildman–Crippen MR) is 81.8 cm³/mol. The number of piperidine rings is 1. The second-order valence-corrected chi connectivity index (χ2v) is 6.46. The number of nitrogens with one attached hydrogen (secondary N) is 1. The maximum Gasteiger partial charge on any atom is 0.168 e. The summed E-state index contributed by atoms with van der Waals surface area (Å²) in [5, 5.41) is 4.62. The first-order valence-electron chi connectivity index (χ1n) is 7.00. The molecule has 1 aliphatic rings. The summed E-state index contributed by atoms with van der Waals surface area (Å²) in [6.07, 6.45) is 2.66.